The number of rotatable bonds is 6. The summed E-state index contributed by atoms with van der Waals surface area (Å²) in [5.41, 5.74) is 1.14. The number of aliphatic imine (C=N–C) groups is 1. The summed E-state index contributed by atoms with van der Waals surface area (Å²) in [6.45, 7) is 11.5. The zero-order valence-corrected chi connectivity index (χ0v) is 18.4. The van der Waals surface area contributed by atoms with E-state index in [1.165, 1.54) is 0 Å². The molecule has 0 bridgehead atoms. The smallest absolute Gasteiger partial charge is 0.191 e. The topological polar surface area (TPSA) is 48.9 Å². The fourth-order valence-electron chi connectivity index (χ4n) is 2.86. The van der Waals surface area contributed by atoms with Crippen molar-refractivity contribution in [3.05, 3.63) is 34.9 Å². The quantitative estimate of drug-likeness (QED) is 0.373. The first kappa shape index (κ1) is 22.5. The van der Waals surface area contributed by atoms with Crippen LogP contribution in [0.1, 0.15) is 26.3 Å². The van der Waals surface area contributed by atoms with Crippen molar-refractivity contribution >= 4 is 41.5 Å². The summed E-state index contributed by atoms with van der Waals surface area (Å²) in [6, 6.07) is 8.71. The van der Waals surface area contributed by atoms with E-state index in [-0.39, 0.29) is 24.0 Å². The van der Waals surface area contributed by atoms with Gasteiger partial charge in [-0.3, -0.25) is 4.90 Å². The van der Waals surface area contributed by atoms with Gasteiger partial charge in [0.15, 0.2) is 5.96 Å². The molecule has 2 atom stereocenters. The highest BCUT2D eigenvalue weighted by molar-refractivity contribution is 14.0. The Labute approximate surface area is 173 Å². The lowest BCUT2D eigenvalue weighted by Gasteiger charge is -2.38. The zero-order valence-electron chi connectivity index (χ0n) is 15.3. The highest BCUT2D eigenvalue weighted by Gasteiger charge is 2.23. The SMILES string of the molecule is CCNC(=NCc1ccc(Cl)cc1)NCC(C)N1CCOCC1C.I. The second kappa shape index (κ2) is 11.9. The minimum absolute atomic E-state index is 0. The molecule has 1 saturated heterocycles. The lowest BCUT2D eigenvalue weighted by molar-refractivity contribution is -0.0174. The van der Waals surface area contributed by atoms with Gasteiger partial charge in [0.2, 0.25) is 0 Å². The van der Waals surface area contributed by atoms with E-state index >= 15 is 0 Å². The molecule has 0 aliphatic carbocycles. The number of benzene rings is 1. The van der Waals surface area contributed by atoms with Gasteiger partial charge in [0, 0.05) is 36.7 Å². The van der Waals surface area contributed by atoms with Gasteiger partial charge in [-0.1, -0.05) is 23.7 Å². The minimum Gasteiger partial charge on any atom is -0.379 e. The molecule has 0 spiro atoms. The second-order valence-electron chi connectivity index (χ2n) is 6.21. The molecule has 7 heteroatoms. The Kier molecular flexibility index (Phi) is 10.7. The lowest BCUT2D eigenvalue weighted by Crippen LogP contribution is -2.53. The molecule has 2 rings (SSSR count). The van der Waals surface area contributed by atoms with Crippen LogP contribution in [0.5, 0.6) is 0 Å². The van der Waals surface area contributed by atoms with Crippen LogP contribution in [0.15, 0.2) is 29.3 Å². The van der Waals surface area contributed by atoms with E-state index in [0.717, 1.165) is 49.4 Å². The van der Waals surface area contributed by atoms with Crippen LogP contribution < -0.4 is 10.6 Å². The molecule has 142 valence electrons. The molecule has 1 aliphatic rings. The van der Waals surface area contributed by atoms with E-state index in [1.807, 2.05) is 24.3 Å². The Morgan fingerprint density at radius 2 is 2.08 bits per heavy atom. The van der Waals surface area contributed by atoms with Crippen molar-refractivity contribution in [2.45, 2.75) is 39.4 Å². The van der Waals surface area contributed by atoms with Crippen LogP contribution in [0, 0.1) is 0 Å². The molecule has 0 radical (unpaired) electrons. The molecule has 2 unspecified atom stereocenters. The summed E-state index contributed by atoms with van der Waals surface area (Å²) in [4.78, 5) is 7.14. The van der Waals surface area contributed by atoms with Crippen molar-refractivity contribution in [2.24, 2.45) is 4.99 Å². The maximum atomic E-state index is 5.92. The van der Waals surface area contributed by atoms with E-state index in [9.17, 15) is 0 Å². The van der Waals surface area contributed by atoms with Gasteiger partial charge in [0.05, 0.1) is 19.8 Å². The van der Waals surface area contributed by atoms with Crippen LogP contribution in [0.2, 0.25) is 5.02 Å². The molecule has 1 aromatic carbocycles. The van der Waals surface area contributed by atoms with E-state index in [2.05, 4.69) is 41.3 Å². The Hall–Kier alpha value is -0.570. The second-order valence-corrected chi connectivity index (χ2v) is 6.65. The van der Waals surface area contributed by atoms with Crippen LogP contribution in [-0.2, 0) is 11.3 Å². The molecule has 1 fully saturated rings. The number of hydrogen-bond donors (Lipinski definition) is 2. The Morgan fingerprint density at radius 1 is 1.36 bits per heavy atom. The van der Waals surface area contributed by atoms with Gasteiger partial charge in [-0.25, -0.2) is 4.99 Å². The lowest BCUT2D eigenvalue weighted by atomic mass is 10.2. The first-order valence-electron chi connectivity index (χ1n) is 8.70. The van der Waals surface area contributed by atoms with Gasteiger partial charge < -0.3 is 15.4 Å². The molecule has 2 N–H and O–H groups in total. The van der Waals surface area contributed by atoms with E-state index in [1.54, 1.807) is 0 Å². The molecule has 25 heavy (non-hydrogen) atoms. The fraction of sp³-hybridized carbons (Fsp3) is 0.611. The van der Waals surface area contributed by atoms with Crippen LogP contribution in [-0.4, -0.2) is 55.8 Å². The maximum Gasteiger partial charge on any atom is 0.191 e. The van der Waals surface area contributed by atoms with Crippen molar-refractivity contribution in [3.63, 3.8) is 0 Å². The van der Waals surface area contributed by atoms with E-state index in [4.69, 9.17) is 16.3 Å². The number of ether oxygens (including phenoxy) is 1. The summed E-state index contributed by atoms with van der Waals surface area (Å²) in [5, 5.41) is 7.50. The van der Waals surface area contributed by atoms with Crippen molar-refractivity contribution in [1.29, 1.82) is 0 Å². The predicted molar refractivity (Wildman–Crippen MR) is 116 cm³/mol. The number of nitrogens with one attached hydrogen (secondary N) is 2. The van der Waals surface area contributed by atoms with Gasteiger partial charge in [0.25, 0.3) is 0 Å². The van der Waals surface area contributed by atoms with Crippen LogP contribution in [0.25, 0.3) is 0 Å². The summed E-state index contributed by atoms with van der Waals surface area (Å²) < 4.78 is 5.51. The minimum atomic E-state index is 0. The standard InChI is InChI=1S/C18H29ClN4O.HI/c1-4-20-18(22-12-16-5-7-17(19)8-6-16)21-11-14(2)23-9-10-24-13-15(23)3;/h5-8,14-15H,4,9-13H2,1-3H3,(H2,20,21,22);1H. The van der Waals surface area contributed by atoms with Gasteiger partial charge in [0.1, 0.15) is 0 Å². The molecule has 1 heterocycles. The van der Waals surface area contributed by atoms with E-state index < -0.39 is 0 Å². The van der Waals surface area contributed by atoms with Crippen LogP contribution in [0.3, 0.4) is 0 Å². The van der Waals surface area contributed by atoms with Gasteiger partial charge in [-0.05, 0) is 38.5 Å². The Bertz CT molecular complexity index is 526. The largest absolute Gasteiger partial charge is 0.379 e. The summed E-state index contributed by atoms with van der Waals surface area (Å²) in [5.74, 6) is 0.847. The normalized spacial score (nSPS) is 19.8. The Balaban J connectivity index is 0.00000312. The molecule has 5 nitrogen and oxygen atoms in total. The maximum absolute atomic E-state index is 5.92. The first-order chi connectivity index (χ1) is 11.6. The van der Waals surface area contributed by atoms with Crippen molar-refractivity contribution in [3.8, 4) is 0 Å². The van der Waals surface area contributed by atoms with E-state index in [0.29, 0.717) is 18.6 Å². The van der Waals surface area contributed by atoms with Crippen molar-refractivity contribution in [2.75, 3.05) is 32.8 Å². The number of halogens is 2. The number of morpholine rings is 1. The number of nitrogens with zero attached hydrogens (tertiary/aromatic N) is 2. The summed E-state index contributed by atoms with van der Waals surface area (Å²) >= 11 is 5.92. The molecule has 1 aliphatic heterocycles. The van der Waals surface area contributed by atoms with Crippen molar-refractivity contribution < 1.29 is 4.74 Å². The molecule has 0 aromatic heterocycles. The first-order valence-corrected chi connectivity index (χ1v) is 9.08. The monoisotopic (exact) mass is 480 g/mol. The van der Waals surface area contributed by atoms with Gasteiger partial charge in [-0.15, -0.1) is 24.0 Å². The van der Waals surface area contributed by atoms with Gasteiger partial charge >= 0.3 is 0 Å². The highest BCUT2D eigenvalue weighted by atomic mass is 127. The molecular formula is C18H30ClIN4O. The van der Waals surface area contributed by atoms with Crippen LogP contribution in [0.4, 0.5) is 0 Å². The van der Waals surface area contributed by atoms with Crippen molar-refractivity contribution in [1.82, 2.24) is 15.5 Å². The molecule has 0 saturated carbocycles. The summed E-state index contributed by atoms with van der Waals surface area (Å²) in [7, 11) is 0. The fourth-order valence-corrected chi connectivity index (χ4v) is 2.98. The average molecular weight is 481 g/mol. The third-order valence-corrected chi connectivity index (χ3v) is 4.48. The highest BCUT2D eigenvalue weighted by Crippen LogP contribution is 2.11. The molecule has 0 amide bonds. The average Bonchev–Trinajstić information content (AvgIpc) is 2.59. The number of guanidine groups is 1. The Morgan fingerprint density at radius 3 is 2.72 bits per heavy atom. The third-order valence-electron chi connectivity index (χ3n) is 4.23. The van der Waals surface area contributed by atoms with Crippen LogP contribution >= 0.6 is 35.6 Å². The van der Waals surface area contributed by atoms with Gasteiger partial charge in [-0.2, -0.15) is 0 Å². The molecular weight excluding hydrogens is 451 g/mol. The summed E-state index contributed by atoms with van der Waals surface area (Å²) in [6.07, 6.45) is 0. The molecule has 1 aromatic rings. The third kappa shape index (κ3) is 7.68. The zero-order chi connectivity index (χ0) is 17.4. The predicted octanol–water partition coefficient (Wildman–Crippen LogP) is 3.12. The number of hydrogen-bond acceptors (Lipinski definition) is 3.